The van der Waals surface area contributed by atoms with Crippen molar-refractivity contribution in [3.63, 3.8) is 0 Å². The number of anilines is 2. The zero-order valence-corrected chi connectivity index (χ0v) is 20.2. The van der Waals surface area contributed by atoms with Crippen molar-refractivity contribution in [1.29, 1.82) is 0 Å². The third-order valence-electron chi connectivity index (χ3n) is 6.54. The molecule has 5 rings (SSSR count). The van der Waals surface area contributed by atoms with Gasteiger partial charge in [0.05, 0.1) is 13.2 Å². The first kappa shape index (κ1) is 23.6. The van der Waals surface area contributed by atoms with Crippen molar-refractivity contribution < 1.29 is 18.7 Å². The number of aromatic nitrogens is 3. The minimum Gasteiger partial charge on any atom is -0.494 e. The average molecular weight is 494 g/mol. The van der Waals surface area contributed by atoms with Crippen LogP contribution in [0.15, 0.2) is 48.8 Å². The van der Waals surface area contributed by atoms with Crippen LogP contribution >= 0.6 is 0 Å². The molecular weight excluding hydrogens is 465 g/mol. The van der Waals surface area contributed by atoms with E-state index in [-0.39, 0.29) is 30.2 Å². The number of halogens is 1. The van der Waals surface area contributed by atoms with Gasteiger partial charge in [-0.15, -0.1) is 0 Å². The Kier molecular flexibility index (Phi) is 6.45. The van der Waals surface area contributed by atoms with E-state index in [0.29, 0.717) is 50.0 Å². The van der Waals surface area contributed by atoms with Gasteiger partial charge >= 0.3 is 6.03 Å². The Labute approximate surface area is 208 Å². The third-order valence-corrected chi connectivity index (χ3v) is 6.54. The molecule has 2 aliphatic rings. The summed E-state index contributed by atoms with van der Waals surface area (Å²) in [5.74, 6) is 0.930. The molecule has 36 heavy (non-hydrogen) atoms. The van der Waals surface area contributed by atoms with Gasteiger partial charge in [-0.3, -0.25) is 4.79 Å². The zero-order valence-electron chi connectivity index (χ0n) is 20.2. The summed E-state index contributed by atoms with van der Waals surface area (Å²) in [6, 6.07) is 11.3. The molecule has 10 nitrogen and oxygen atoms in total. The van der Waals surface area contributed by atoms with Crippen LogP contribution in [-0.2, 0) is 4.79 Å². The van der Waals surface area contributed by atoms with Crippen molar-refractivity contribution in [2.24, 2.45) is 0 Å². The Morgan fingerprint density at radius 2 is 1.81 bits per heavy atom. The number of carbonyl (C=O) groups is 2. The highest BCUT2D eigenvalue weighted by Crippen LogP contribution is 2.29. The van der Waals surface area contributed by atoms with Crippen LogP contribution in [0.3, 0.4) is 0 Å². The number of carbonyl (C=O) groups excluding carboxylic acids is 2. The van der Waals surface area contributed by atoms with Crippen LogP contribution < -0.4 is 19.9 Å². The molecule has 3 amide bonds. The molecule has 2 saturated heterocycles. The van der Waals surface area contributed by atoms with Gasteiger partial charge in [0, 0.05) is 56.6 Å². The number of piperazine rings is 1. The molecule has 2 fully saturated rings. The smallest absolute Gasteiger partial charge is 0.317 e. The molecule has 0 spiro atoms. The number of ether oxygens (including phenoxy) is 1. The Morgan fingerprint density at radius 1 is 1.08 bits per heavy atom. The maximum atomic E-state index is 13.2. The number of benzene rings is 2. The molecule has 0 bridgehead atoms. The first-order chi connectivity index (χ1) is 17.4. The van der Waals surface area contributed by atoms with Crippen molar-refractivity contribution in [3.8, 4) is 11.4 Å². The number of nitrogens with one attached hydrogen (secondary N) is 1. The fourth-order valence-corrected chi connectivity index (χ4v) is 4.62. The van der Waals surface area contributed by atoms with Gasteiger partial charge in [0.2, 0.25) is 5.91 Å². The molecule has 3 aromatic rings. The lowest BCUT2D eigenvalue weighted by atomic mass is 10.2. The van der Waals surface area contributed by atoms with Crippen LogP contribution in [0, 0.1) is 12.7 Å². The molecule has 1 unspecified atom stereocenters. The fourth-order valence-electron chi connectivity index (χ4n) is 4.62. The highest BCUT2D eigenvalue weighted by Gasteiger charge is 2.33. The summed E-state index contributed by atoms with van der Waals surface area (Å²) in [5, 5.41) is 7.34. The van der Waals surface area contributed by atoms with Crippen LogP contribution in [0.2, 0.25) is 0 Å². The van der Waals surface area contributed by atoms with Crippen LogP contribution in [0.5, 0.6) is 5.75 Å². The molecule has 1 N–H and O–H groups in total. The lowest BCUT2D eigenvalue weighted by Gasteiger charge is -2.36. The summed E-state index contributed by atoms with van der Waals surface area (Å²) >= 11 is 0. The lowest BCUT2D eigenvalue weighted by Crippen LogP contribution is -2.53. The minimum absolute atomic E-state index is 0.0878. The molecule has 0 saturated carbocycles. The van der Waals surface area contributed by atoms with E-state index >= 15 is 0 Å². The van der Waals surface area contributed by atoms with E-state index in [4.69, 9.17) is 4.74 Å². The Bertz CT molecular complexity index is 1250. The van der Waals surface area contributed by atoms with Crippen molar-refractivity contribution in [1.82, 2.24) is 25.0 Å². The van der Waals surface area contributed by atoms with E-state index in [9.17, 15) is 14.0 Å². The van der Waals surface area contributed by atoms with Crippen molar-refractivity contribution in [2.75, 3.05) is 49.6 Å². The molecule has 3 heterocycles. The number of urea groups is 1. The van der Waals surface area contributed by atoms with Gasteiger partial charge in [-0.25, -0.2) is 18.9 Å². The summed E-state index contributed by atoms with van der Waals surface area (Å²) < 4.78 is 20.5. The van der Waals surface area contributed by atoms with Gasteiger partial charge < -0.3 is 24.8 Å². The second-order valence-corrected chi connectivity index (χ2v) is 8.90. The molecule has 1 atom stereocenters. The Hall–Kier alpha value is -4.15. The molecule has 11 heteroatoms. The quantitative estimate of drug-likeness (QED) is 0.586. The second kappa shape index (κ2) is 9.84. The third kappa shape index (κ3) is 4.81. The number of hydrogen-bond acceptors (Lipinski definition) is 6. The van der Waals surface area contributed by atoms with E-state index in [1.807, 2.05) is 25.1 Å². The van der Waals surface area contributed by atoms with Gasteiger partial charge in [-0.05, 0) is 43.3 Å². The summed E-state index contributed by atoms with van der Waals surface area (Å²) in [7, 11) is 1.62. The number of hydrogen-bond donors (Lipinski definition) is 1. The number of amides is 3. The van der Waals surface area contributed by atoms with Gasteiger partial charge in [-0.2, -0.15) is 5.10 Å². The first-order valence-corrected chi connectivity index (χ1v) is 11.8. The maximum absolute atomic E-state index is 13.2. The number of methoxy groups -OCH3 is 1. The van der Waals surface area contributed by atoms with Crippen LogP contribution in [0.25, 0.3) is 5.69 Å². The van der Waals surface area contributed by atoms with Crippen molar-refractivity contribution >= 4 is 23.3 Å². The number of aryl methyl sites for hydroxylation is 1. The average Bonchev–Trinajstić information content (AvgIpc) is 3.49. The maximum Gasteiger partial charge on any atom is 0.317 e. The Morgan fingerprint density at radius 3 is 2.47 bits per heavy atom. The monoisotopic (exact) mass is 493 g/mol. The highest BCUT2D eigenvalue weighted by molar-refractivity contribution is 5.96. The zero-order chi connectivity index (χ0) is 25.2. The van der Waals surface area contributed by atoms with E-state index in [1.54, 1.807) is 40.1 Å². The fraction of sp³-hybridized carbons (Fsp3) is 0.360. The van der Waals surface area contributed by atoms with E-state index in [2.05, 4.69) is 20.3 Å². The van der Waals surface area contributed by atoms with Gasteiger partial charge in [0.1, 0.15) is 29.4 Å². The highest BCUT2D eigenvalue weighted by atomic mass is 19.1. The van der Waals surface area contributed by atoms with Crippen LogP contribution in [-0.4, -0.2) is 77.5 Å². The molecule has 0 radical (unpaired) electrons. The van der Waals surface area contributed by atoms with E-state index in [0.717, 1.165) is 11.4 Å². The molecule has 188 valence electrons. The molecular formula is C25H28FN7O3. The van der Waals surface area contributed by atoms with E-state index in [1.165, 1.54) is 12.1 Å². The van der Waals surface area contributed by atoms with Crippen LogP contribution in [0.4, 0.5) is 20.6 Å². The molecule has 0 aliphatic carbocycles. The van der Waals surface area contributed by atoms with E-state index < -0.39 is 0 Å². The van der Waals surface area contributed by atoms with Gasteiger partial charge in [0.25, 0.3) is 0 Å². The summed E-state index contributed by atoms with van der Waals surface area (Å²) in [6.07, 6.45) is 1.88. The number of nitrogens with zero attached hydrogens (tertiary/aromatic N) is 6. The molecule has 2 aromatic carbocycles. The van der Waals surface area contributed by atoms with Gasteiger partial charge in [0.15, 0.2) is 0 Å². The van der Waals surface area contributed by atoms with Crippen molar-refractivity contribution in [3.05, 3.63) is 60.4 Å². The first-order valence-electron chi connectivity index (χ1n) is 11.8. The summed E-state index contributed by atoms with van der Waals surface area (Å²) in [4.78, 5) is 35.0. The minimum atomic E-state index is -0.353. The second-order valence-electron chi connectivity index (χ2n) is 8.90. The summed E-state index contributed by atoms with van der Waals surface area (Å²) in [5.41, 5.74) is 2.44. The standard InChI is InChI=1S/C25H28FN7O3/c1-17-27-16-33(29-17)22-8-7-21(14-23(22)36-2)30-9-11-31(12-10-30)25(35)28-19-13-24(34)32(15-19)20-5-3-18(26)4-6-20/h3-8,14,16,19H,9-13,15H2,1-2H3,(H,28,35). The summed E-state index contributed by atoms with van der Waals surface area (Å²) in [6.45, 7) is 4.65. The van der Waals surface area contributed by atoms with Crippen LogP contribution in [0.1, 0.15) is 12.2 Å². The molecule has 1 aromatic heterocycles. The predicted molar refractivity (Wildman–Crippen MR) is 132 cm³/mol. The largest absolute Gasteiger partial charge is 0.494 e. The van der Waals surface area contributed by atoms with Crippen molar-refractivity contribution in [2.45, 2.75) is 19.4 Å². The number of rotatable bonds is 5. The SMILES string of the molecule is COc1cc(N2CCN(C(=O)NC3CC(=O)N(c4ccc(F)cc4)C3)CC2)ccc1-n1cnc(C)n1. The molecule has 2 aliphatic heterocycles. The topological polar surface area (TPSA) is 95.8 Å². The lowest BCUT2D eigenvalue weighted by molar-refractivity contribution is -0.117. The Balaban J connectivity index is 1.16. The van der Waals surface area contributed by atoms with Gasteiger partial charge in [-0.1, -0.05) is 0 Å². The predicted octanol–water partition coefficient (Wildman–Crippen LogP) is 2.36. The normalized spacial score (nSPS) is 18.0.